The van der Waals surface area contributed by atoms with Crippen molar-refractivity contribution in [1.82, 2.24) is 10.2 Å². The molecule has 0 aliphatic carbocycles. The number of alkyl halides is 2. The van der Waals surface area contributed by atoms with Gasteiger partial charge in [-0.3, -0.25) is 4.79 Å². The van der Waals surface area contributed by atoms with E-state index in [4.69, 9.17) is 0 Å². The van der Waals surface area contributed by atoms with E-state index in [9.17, 15) is 13.6 Å². The van der Waals surface area contributed by atoms with E-state index in [1.54, 1.807) is 13.8 Å². The SMILES string of the molecule is CCNC(C)(C)C(=O)N(C)CC(F)F. The van der Waals surface area contributed by atoms with E-state index >= 15 is 0 Å². The fraction of sp³-hybridized carbons (Fsp3) is 0.889. The number of amides is 1. The molecule has 14 heavy (non-hydrogen) atoms. The summed E-state index contributed by atoms with van der Waals surface area (Å²) in [6.45, 7) is 5.33. The van der Waals surface area contributed by atoms with Crippen molar-refractivity contribution >= 4 is 5.91 Å². The summed E-state index contributed by atoms with van der Waals surface area (Å²) in [7, 11) is 1.38. The Kier molecular flexibility index (Phi) is 4.97. The molecule has 0 heterocycles. The fourth-order valence-electron chi connectivity index (χ4n) is 1.28. The van der Waals surface area contributed by atoms with Crippen LogP contribution in [0.15, 0.2) is 0 Å². The van der Waals surface area contributed by atoms with E-state index in [2.05, 4.69) is 5.32 Å². The molecule has 0 aliphatic heterocycles. The predicted octanol–water partition coefficient (Wildman–Crippen LogP) is 1.10. The standard InChI is InChI=1S/C9H18F2N2O/c1-5-12-9(2,3)8(14)13(4)6-7(10)11/h7,12H,5-6H2,1-4H3. The second kappa shape index (κ2) is 5.24. The summed E-state index contributed by atoms with van der Waals surface area (Å²) in [5, 5.41) is 2.94. The lowest BCUT2D eigenvalue weighted by Gasteiger charge is -2.29. The minimum absolute atomic E-state index is 0.320. The molecule has 0 atom stereocenters. The summed E-state index contributed by atoms with van der Waals surface area (Å²) < 4.78 is 24.0. The Morgan fingerprint density at radius 3 is 2.36 bits per heavy atom. The molecule has 1 N–H and O–H groups in total. The van der Waals surface area contributed by atoms with Crippen molar-refractivity contribution in [3.05, 3.63) is 0 Å². The average Bonchev–Trinajstić information content (AvgIpc) is 2.01. The topological polar surface area (TPSA) is 32.3 Å². The molecule has 3 nitrogen and oxygen atoms in total. The number of nitrogens with one attached hydrogen (secondary N) is 1. The Morgan fingerprint density at radius 1 is 1.50 bits per heavy atom. The smallest absolute Gasteiger partial charge is 0.255 e. The van der Waals surface area contributed by atoms with Gasteiger partial charge in [0.15, 0.2) is 0 Å². The minimum Gasteiger partial charge on any atom is -0.338 e. The molecule has 0 aromatic carbocycles. The zero-order chi connectivity index (χ0) is 11.4. The molecule has 0 saturated heterocycles. The normalized spacial score (nSPS) is 11.9. The number of rotatable bonds is 5. The third-order valence-corrected chi connectivity index (χ3v) is 1.91. The second-order valence-corrected chi connectivity index (χ2v) is 3.73. The van der Waals surface area contributed by atoms with Crippen LogP contribution in [-0.2, 0) is 4.79 Å². The largest absolute Gasteiger partial charge is 0.338 e. The lowest BCUT2D eigenvalue weighted by molar-refractivity contribution is -0.137. The molecular weight excluding hydrogens is 190 g/mol. The van der Waals surface area contributed by atoms with Crippen molar-refractivity contribution in [2.45, 2.75) is 32.7 Å². The Labute approximate surface area is 83.5 Å². The maximum Gasteiger partial charge on any atom is 0.255 e. The van der Waals surface area contributed by atoms with E-state index in [1.165, 1.54) is 7.05 Å². The van der Waals surface area contributed by atoms with Gasteiger partial charge in [0.05, 0.1) is 12.1 Å². The first-order valence-corrected chi connectivity index (χ1v) is 4.60. The summed E-state index contributed by atoms with van der Waals surface area (Å²) in [5.74, 6) is -0.320. The molecule has 0 saturated carbocycles. The third kappa shape index (κ3) is 4.00. The van der Waals surface area contributed by atoms with Crippen LogP contribution in [0, 0.1) is 0 Å². The highest BCUT2D eigenvalue weighted by Gasteiger charge is 2.30. The van der Waals surface area contributed by atoms with Gasteiger partial charge in [0.25, 0.3) is 6.43 Å². The molecule has 0 spiro atoms. The predicted molar refractivity (Wildman–Crippen MR) is 51.4 cm³/mol. The fourth-order valence-corrected chi connectivity index (χ4v) is 1.28. The maximum atomic E-state index is 12.0. The monoisotopic (exact) mass is 208 g/mol. The molecule has 0 rings (SSSR count). The Morgan fingerprint density at radius 2 is 2.00 bits per heavy atom. The van der Waals surface area contributed by atoms with E-state index in [1.807, 2.05) is 6.92 Å². The Hall–Kier alpha value is -0.710. The Balaban J connectivity index is 4.29. The van der Waals surface area contributed by atoms with Crippen molar-refractivity contribution in [3.63, 3.8) is 0 Å². The van der Waals surface area contributed by atoms with Crippen LogP contribution in [0.5, 0.6) is 0 Å². The van der Waals surface area contributed by atoms with Gasteiger partial charge < -0.3 is 10.2 Å². The molecule has 84 valence electrons. The average molecular weight is 208 g/mol. The summed E-state index contributed by atoms with van der Waals surface area (Å²) in [6, 6.07) is 0. The number of likely N-dealkylation sites (N-methyl/N-ethyl adjacent to an activating group) is 2. The van der Waals surface area contributed by atoms with Crippen LogP contribution in [0.4, 0.5) is 8.78 Å². The second-order valence-electron chi connectivity index (χ2n) is 3.73. The van der Waals surface area contributed by atoms with Crippen molar-refractivity contribution in [3.8, 4) is 0 Å². The van der Waals surface area contributed by atoms with Crippen LogP contribution < -0.4 is 5.32 Å². The van der Waals surface area contributed by atoms with E-state index in [0.717, 1.165) is 4.90 Å². The molecule has 0 aromatic heterocycles. The van der Waals surface area contributed by atoms with E-state index in [-0.39, 0.29) is 5.91 Å². The first-order valence-electron chi connectivity index (χ1n) is 4.60. The van der Waals surface area contributed by atoms with Crippen molar-refractivity contribution in [2.24, 2.45) is 0 Å². The highest BCUT2D eigenvalue weighted by molar-refractivity contribution is 5.85. The quantitative estimate of drug-likeness (QED) is 0.733. The highest BCUT2D eigenvalue weighted by atomic mass is 19.3. The minimum atomic E-state index is -2.48. The van der Waals surface area contributed by atoms with Crippen molar-refractivity contribution < 1.29 is 13.6 Å². The molecular formula is C9H18F2N2O. The number of nitrogens with zero attached hydrogens (tertiary/aromatic N) is 1. The molecule has 0 fully saturated rings. The zero-order valence-corrected chi connectivity index (χ0v) is 9.10. The zero-order valence-electron chi connectivity index (χ0n) is 9.10. The maximum absolute atomic E-state index is 12.0. The molecule has 0 aromatic rings. The number of hydrogen-bond donors (Lipinski definition) is 1. The summed E-state index contributed by atoms with van der Waals surface area (Å²) in [4.78, 5) is 12.7. The van der Waals surface area contributed by atoms with Crippen LogP contribution in [-0.4, -0.2) is 42.9 Å². The van der Waals surface area contributed by atoms with Crippen LogP contribution >= 0.6 is 0 Å². The van der Waals surface area contributed by atoms with Gasteiger partial charge in [-0.2, -0.15) is 0 Å². The van der Waals surface area contributed by atoms with E-state index < -0.39 is 18.5 Å². The highest BCUT2D eigenvalue weighted by Crippen LogP contribution is 2.08. The Bertz CT molecular complexity index is 195. The summed E-state index contributed by atoms with van der Waals surface area (Å²) in [5.41, 5.74) is -0.779. The van der Waals surface area contributed by atoms with Gasteiger partial charge in [0.2, 0.25) is 5.91 Å². The van der Waals surface area contributed by atoms with Crippen LogP contribution in [0.1, 0.15) is 20.8 Å². The number of hydrogen-bond acceptors (Lipinski definition) is 2. The molecule has 0 aliphatic rings. The number of halogens is 2. The van der Waals surface area contributed by atoms with Gasteiger partial charge in [-0.15, -0.1) is 0 Å². The van der Waals surface area contributed by atoms with Gasteiger partial charge in [-0.25, -0.2) is 8.78 Å². The molecule has 0 radical (unpaired) electrons. The third-order valence-electron chi connectivity index (χ3n) is 1.91. The van der Waals surface area contributed by atoms with Crippen LogP contribution in [0.2, 0.25) is 0 Å². The van der Waals surface area contributed by atoms with Gasteiger partial charge in [-0.1, -0.05) is 6.92 Å². The van der Waals surface area contributed by atoms with Gasteiger partial charge in [0.1, 0.15) is 0 Å². The summed E-state index contributed by atoms with van der Waals surface area (Å²) >= 11 is 0. The first-order chi connectivity index (χ1) is 6.31. The lowest BCUT2D eigenvalue weighted by Crippen LogP contribution is -2.53. The first kappa shape index (κ1) is 13.3. The van der Waals surface area contributed by atoms with Crippen LogP contribution in [0.25, 0.3) is 0 Å². The number of carbonyl (C=O) groups is 1. The van der Waals surface area contributed by atoms with Gasteiger partial charge >= 0.3 is 0 Å². The lowest BCUT2D eigenvalue weighted by atomic mass is 10.0. The summed E-state index contributed by atoms with van der Waals surface area (Å²) in [6.07, 6.45) is -2.48. The van der Waals surface area contributed by atoms with Crippen LogP contribution in [0.3, 0.4) is 0 Å². The molecule has 5 heteroatoms. The van der Waals surface area contributed by atoms with Crippen molar-refractivity contribution in [1.29, 1.82) is 0 Å². The molecule has 0 unspecified atom stereocenters. The van der Waals surface area contributed by atoms with E-state index in [0.29, 0.717) is 6.54 Å². The van der Waals surface area contributed by atoms with Gasteiger partial charge in [-0.05, 0) is 20.4 Å². The molecule has 0 bridgehead atoms. The molecule has 1 amide bonds. The van der Waals surface area contributed by atoms with Gasteiger partial charge in [0, 0.05) is 7.05 Å². The van der Waals surface area contributed by atoms with Crippen molar-refractivity contribution in [2.75, 3.05) is 20.1 Å². The number of carbonyl (C=O) groups excluding carboxylic acids is 1.